The third-order valence-electron chi connectivity index (χ3n) is 2.33. The fourth-order valence-electron chi connectivity index (χ4n) is 1.41. The normalized spacial score (nSPS) is 16.5. The second kappa shape index (κ2) is 2.81. The van der Waals surface area contributed by atoms with Crippen molar-refractivity contribution in [1.29, 1.82) is 0 Å². The van der Waals surface area contributed by atoms with Gasteiger partial charge in [0.2, 0.25) is 5.89 Å². The van der Waals surface area contributed by atoms with Crippen LogP contribution in [-0.2, 0) is 0 Å². The van der Waals surface area contributed by atoms with E-state index in [1.54, 1.807) is 0 Å². The molecule has 0 N–H and O–H groups in total. The fraction of sp³-hybridized carbons (Fsp3) is 0.714. The van der Waals surface area contributed by atoms with Crippen molar-refractivity contribution in [2.24, 2.45) is 0 Å². The van der Waals surface area contributed by atoms with Gasteiger partial charge in [-0.3, -0.25) is 0 Å². The van der Waals surface area contributed by atoms with Crippen LogP contribution in [0.2, 0.25) is 6.32 Å². The van der Waals surface area contributed by atoms with E-state index in [9.17, 15) is 0 Å². The Kier molecular flexibility index (Phi) is 1.79. The fourth-order valence-corrected chi connectivity index (χ4v) is 1.41. The Morgan fingerprint density at radius 1 is 1.58 bits per heavy atom. The lowest BCUT2D eigenvalue weighted by Crippen LogP contribution is -2.54. The third-order valence-corrected chi connectivity index (χ3v) is 2.33. The summed E-state index contributed by atoms with van der Waals surface area (Å²) in [4.78, 5) is 6.29. The molecule has 64 valence electrons. The van der Waals surface area contributed by atoms with Crippen molar-refractivity contribution in [2.45, 2.75) is 20.2 Å². The lowest BCUT2D eigenvalue weighted by atomic mass is 9.42. The number of anilines is 1. The van der Waals surface area contributed by atoms with E-state index in [0.29, 0.717) is 5.89 Å². The molecule has 0 amide bonds. The number of aryl methyl sites for hydroxylation is 1. The molecule has 0 unspecified atom stereocenters. The van der Waals surface area contributed by atoms with Crippen LogP contribution >= 0.6 is 0 Å². The van der Waals surface area contributed by atoms with Gasteiger partial charge in [-0.1, -0.05) is 13.2 Å². The zero-order valence-electron chi connectivity index (χ0n) is 7.45. The van der Waals surface area contributed by atoms with Crippen molar-refractivity contribution in [2.75, 3.05) is 17.8 Å². The third kappa shape index (κ3) is 1.19. The molecule has 1 fully saturated rings. The SMILES string of the molecule is CCB1CN(c2noc(C)n2)C1. The molecule has 0 saturated carbocycles. The number of hydrogen-bond acceptors (Lipinski definition) is 4. The molecular weight excluding hydrogens is 153 g/mol. The largest absolute Gasteiger partial charge is 0.353 e. The molecule has 0 atom stereocenters. The minimum atomic E-state index is 0.643. The van der Waals surface area contributed by atoms with Crippen LogP contribution < -0.4 is 4.90 Å². The van der Waals surface area contributed by atoms with E-state index in [-0.39, 0.29) is 0 Å². The van der Waals surface area contributed by atoms with Gasteiger partial charge in [0.05, 0.1) is 0 Å². The van der Waals surface area contributed by atoms with Gasteiger partial charge in [-0.05, 0) is 18.0 Å². The van der Waals surface area contributed by atoms with Crippen LogP contribution in [-0.4, -0.2) is 29.7 Å². The first kappa shape index (κ1) is 7.64. The summed E-state index contributed by atoms with van der Waals surface area (Å²) in [5.41, 5.74) is 0. The second-order valence-electron chi connectivity index (χ2n) is 3.29. The zero-order valence-corrected chi connectivity index (χ0v) is 7.45. The highest BCUT2D eigenvalue weighted by Crippen LogP contribution is 2.17. The minimum Gasteiger partial charge on any atom is -0.353 e. The van der Waals surface area contributed by atoms with Gasteiger partial charge in [0.15, 0.2) is 6.71 Å². The molecule has 0 bridgehead atoms. The predicted octanol–water partition coefficient (Wildman–Crippen LogP) is 0.791. The second-order valence-corrected chi connectivity index (χ2v) is 3.29. The molecule has 0 radical (unpaired) electrons. The molecule has 0 aromatic carbocycles. The van der Waals surface area contributed by atoms with E-state index in [4.69, 9.17) is 4.52 Å². The van der Waals surface area contributed by atoms with Gasteiger partial charge < -0.3 is 9.42 Å². The predicted molar refractivity (Wildman–Crippen MR) is 47.5 cm³/mol. The Morgan fingerprint density at radius 3 is 2.83 bits per heavy atom. The van der Waals surface area contributed by atoms with Crippen molar-refractivity contribution in [3.63, 3.8) is 0 Å². The highest BCUT2D eigenvalue weighted by Gasteiger charge is 2.31. The lowest BCUT2D eigenvalue weighted by Gasteiger charge is -2.35. The summed E-state index contributed by atoms with van der Waals surface area (Å²) in [6.45, 7) is 4.85. The molecule has 1 saturated heterocycles. The van der Waals surface area contributed by atoms with Gasteiger partial charge in [-0.25, -0.2) is 0 Å². The first-order valence-electron chi connectivity index (χ1n) is 4.35. The summed E-state index contributed by atoms with van der Waals surface area (Å²) in [7, 11) is 0. The summed E-state index contributed by atoms with van der Waals surface area (Å²) >= 11 is 0. The standard InChI is InChI=1S/C7H12BN3O/c1-3-8-4-11(5-8)7-9-6(2)12-10-7/h3-5H2,1-2H3. The average Bonchev–Trinajstić information content (AvgIpc) is 2.34. The Balaban J connectivity index is 1.96. The first-order chi connectivity index (χ1) is 5.79. The van der Waals surface area contributed by atoms with Gasteiger partial charge in [-0.15, -0.1) is 0 Å². The van der Waals surface area contributed by atoms with Crippen LogP contribution in [0.1, 0.15) is 12.8 Å². The van der Waals surface area contributed by atoms with Crippen LogP contribution in [0.3, 0.4) is 0 Å². The summed E-state index contributed by atoms with van der Waals surface area (Å²) in [5.74, 6) is 1.39. The van der Waals surface area contributed by atoms with Crippen LogP contribution in [0.25, 0.3) is 0 Å². The molecule has 0 spiro atoms. The minimum absolute atomic E-state index is 0.643. The zero-order chi connectivity index (χ0) is 8.55. The van der Waals surface area contributed by atoms with Crippen LogP contribution in [0.15, 0.2) is 4.52 Å². The maximum absolute atomic E-state index is 4.89. The lowest BCUT2D eigenvalue weighted by molar-refractivity contribution is 0.392. The van der Waals surface area contributed by atoms with Crippen molar-refractivity contribution < 1.29 is 4.52 Å². The van der Waals surface area contributed by atoms with Crippen molar-refractivity contribution >= 4 is 12.7 Å². The van der Waals surface area contributed by atoms with Gasteiger partial charge in [0.1, 0.15) is 0 Å². The van der Waals surface area contributed by atoms with E-state index < -0.39 is 0 Å². The highest BCUT2D eigenvalue weighted by atomic mass is 16.5. The Labute approximate surface area is 72.0 Å². The van der Waals surface area contributed by atoms with Crippen LogP contribution in [0.4, 0.5) is 5.95 Å². The van der Waals surface area contributed by atoms with Gasteiger partial charge in [0.25, 0.3) is 5.95 Å². The Morgan fingerprint density at radius 2 is 2.33 bits per heavy atom. The molecular formula is C7H12BN3O. The summed E-state index contributed by atoms with van der Waals surface area (Å²) in [5, 5.41) is 3.85. The van der Waals surface area contributed by atoms with E-state index >= 15 is 0 Å². The van der Waals surface area contributed by atoms with E-state index in [2.05, 4.69) is 22.0 Å². The summed E-state index contributed by atoms with van der Waals surface area (Å²) in [6.07, 6.45) is 3.40. The van der Waals surface area contributed by atoms with E-state index in [0.717, 1.165) is 25.5 Å². The quantitative estimate of drug-likeness (QED) is 0.607. The Hall–Kier alpha value is -0.995. The van der Waals surface area contributed by atoms with Crippen molar-refractivity contribution in [1.82, 2.24) is 10.1 Å². The van der Waals surface area contributed by atoms with Crippen molar-refractivity contribution in [3.8, 4) is 0 Å². The molecule has 12 heavy (non-hydrogen) atoms. The van der Waals surface area contributed by atoms with Gasteiger partial charge in [-0.2, -0.15) is 4.98 Å². The first-order valence-corrected chi connectivity index (χ1v) is 4.35. The number of rotatable bonds is 2. The van der Waals surface area contributed by atoms with E-state index in [1.165, 1.54) is 6.32 Å². The number of hydrogen-bond donors (Lipinski definition) is 0. The summed E-state index contributed by atoms with van der Waals surface area (Å²) < 4.78 is 4.89. The molecule has 5 heteroatoms. The molecule has 1 aromatic rings. The Bertz CT molecular complexity index is 269. The molecule has 2 rings (SSSR count). The maximum Gasteiger partial charge on any atom is 0.264 e. The van der Waals surface area contributed by atoms with Crippen LogP contribution in [0.5, 0.6) is 0 Å². The summed E-state index contributed by atoms with van der Waals surface area (Å²) in [6, 6.07) is 0. The molecule has 0 aliphatic carbocycles. The van der Waals surface area contributed by atoms with Gasteiger partial charge in [0, 0.05) is 6.92 Å². The average molecular weight is 165 g/mol. The van der Waals surface area contributed by atoms with Crippen LogP contribution in [0, 0.1) is 6.92 Å². The van der Waals surface area contributed by atoms with E-state index in [1.807, 2.05) is 6.92 Å². The maximum atomic E-state index is 4.89. The number of nitrogens with zero attached hydrogens (tertiary/aromatic N) is 3. The molecule has 4 nitrogen and oxygen atoms in total. The topological polar surface area (TPSA) is 42.2 Å². The molecule has 2 heterocycles. The molecule has 1 aliphatic rings. The molecule has 1 aliphatic heterocycles. The van der Waals surface area contributed by atoms with Gasteiger partial charge >= 0.3 is 0 Å². The number of aromatic nitrogens is 2. The smallest absolute Gasteiger partial charge is 0.264 e. The monoisotopic (exact) mass is 165 g/mol. The highest BCUT2D eigenvalue weighted by molar-refractivity contribution is 6.63. The van der Waals surface area contributed by atoms with Crippen molar-refractivity contribution in [3.05, 3.63) is 5.89 Å². The molecule has 1 aromatic heterocycles.